The summed E-state index contributed by atoms with van der Waals surface area (Å²) in [6.07, 6.45) is 16.8. The van der Waals surface area contributed by atoms with Gasteiger partial charge in [-0.15, -0.1) is 0 Å². The summed E-state index contributed by atoms with van der Waals surface area (Å²) in [5.74, 6) is 1.55. The van der Waals surface area contributed by atoms with E-state index >= 15 is 0 Å². The number of allylic oxidation sites excluding steroid dienone is 4. The molecule has 0 amide bonds. The topological polar surface area (TPSA) is 38.4 Å². The molecule has 0 saturated heterocycles. The molecule has 0 bridgehead atoms. The summed E-state index contributed by atoms with van der Waals surface area (Å²) in [5, 5.41) is 0. The Morgan fingerprint density at radius 1 is 1.20 bits per heavy atom. The van der Waals surface area contributed by atoms with Gasteiger partial charge in [0.15, 0.2) is 0 Å². The average Bonchev–Trinajstić information content (AvgIpc) is 2.70. The zero-order valence-corrected chi connectivity index (χ0v) is 19.7. The molecule has 2 saturated carbocycles. The minimum atomic E-state index is 0.375. The van der Waals surface area contributed by atoms with Crippen LogP contribution in [0.4, 0.5) is 0 Å². The molecule has 3 unspecified atom stereocenters. The molecule has 2 N–H and O–H groups in total. The number of aliphatic imine (C=N–C) groups is 1. The molecule has 0 heterocycles. The number of nitrogens with two attached hydrogens (primary N) is 1. The fourth-order valence-electron chi connectivity index (χ4n) is 5.37. The lowest BCUT2D eigenvalue weighted by atomic mass is 9.69. The molecule has 3 rings (SSSR count). The first-order chi connectivity index (χ1) is 14.6. The van der Waals surface area contributed by atoms with E-state index in [9.17, 15) is 0 Å². The largest absolute Gasteiger partial charge is 0.402 e. The van der Waals surface area contributed by atoms with Crippen LogP contribution in [0.3, 0.4) is 0 Å². The van der Waals surface area contributed by atoms with Crippen LogP contribution in [-0.2, 0) is 0 Å². The highest BCUT2D eigenvalue weighted by Gasteiger charge is 2.34. The molecule has 2 nitrogen and oxygen atoms in total. The first-order valence-electron chi connectivity index (χ1n) is 12.3. The summed E-state index contributed by atoms with van der Waals surface area (Å²) in [6.45, 7) is 8.85. The zero-order valence-electron chi connectivity index (χ0n) is 19.7. The lowest BCUT2D eigenvalue weighted by molar-refractivity contribution is 0.265. The van der Waals surface area contributed by atoms with Gasteiger partial charge in [-0.05, 0) is 94.2 Å². The highest BCUT2D eigenvalue weighted by molar-refractivity contribution is 5.56. The monoisotopic (exact) mass is 406 g/mol. The predicted octanol–water partition coefficient (Wildman–Crippen LogP) is 7.75. The van der Waals surface area contributed by atoms with E-state index in [1.54, 1.807) is 5.57 Å². The molecule has 0 spiro atoms. The van der Waals surface area contributed by atoms with Crippen LogP contribution in [-0.4, -0.2) is 6.21 Å². The van der Waals surface area contributed by atoms with Crippen molar-refractivity contribution in [3.63, 3.8) is 0 Å². The second-order valence-electron chi connectivity index (χ2n) is 9.46. The Balaban J connectivity index is 1.97. The van der Waals surface area contributed by atoms with Crippen molar-refractivity contribution in [3.8, 4) is 0 Å². The van der Waals surface area contributed by atoms with E-state index in [-0.39, 0.29) is 0 Å². The number of nitrogens with zero attached hydrogens (tertiary/aromatic N) is 1. The predicted molar refractivity (Wildman–Crippen MR) is 131 cm³/mol. The molecule has 0 aromatic heterocycles. The lowest BCUT2D eigenvalue weighted by Gasteiger charge is -2.37. The van der Waals surface area contributed by atoms with E-state index in [4.69, 9.17) is 10.7 Å². The van der Waals surface area contributed by atoms with Crippen molar-refractivity contribution < 1.29 is 0 Å². The smallest absolute Gasteiger partial charge is 0.0437 e. The van der Waals surface area contributed by atoms with Crippen molar-refractivity contribution in [3.05, 3.63) is 57.9 Å². The van der Waals surface area contributed by atoms with E-state index in [2.05, 4.69) is 52.0 Å². The molecular formula is C28H42N2. The third kappa shape index (κ3) is 5.25. The fraction of sp³-hybridized carbons (Fsp3) is 0.607. The number of hydrogen-bond acceptors (Lipinski definition) is 2. The van der Waals surface area contributed by atoms with Crippen LogP contribution in [0.2, 0.25) is 0 Å². The SMILES string of the molecule is CC=N/C(=C\CCCC)C(c1cccc(C)c1C)C1CCCC(C(N)=C2CCC2)C1. The Labute approximate surface area is 184 Å². The van der Waals surface area contributed by atoms with Gasteiger partial charge in [0, 0.05) is 23.5 Å². The number of hydrogen-bond donors (Lipinski definition) is 1. The lowest BCUT2D eigenvalue weighted by Crippen LogP contribution is -2.28. The van der Waals surface area contributed by atoms with Crippen molar-refractivity contribution >= 4 is 6.21 Å². The van der Waals surface area contributed by atoms with Crippen molar-refractivity contribution in [2.45, 2.75) is 97.8 Å². The summed E-state index contributed by atoms with van der Waals surface area (Å²) in [7, 11) is 0. The summed E-state index contributed by atoms with van der Waals surface area (Å²) >= 11 is 0. The molecule has 0 aliphatic heterocycles. The van der Waals surface area contributed by atoms with E-state index in [0.717, 1.165) is 6.42 Å². The molecule has 164 valence electrons. The molecule has 2 aliphatic rings. The van der Waals surface area contributed by atoms with Crippen LogP contribution in [0.25, 0.3) is 0 Å². The molecule has 1 aromatic rings. The van der Waals surface area contributed by atoms with Gasteiger partial charge in [-0.2, -0.15) is 0 Å². The van der Waals surface area contributed by atoms with E-state index in [0.29, 0.717) is 17.8 Å². The Morgan fingerprint density at radius 3 is 2.67 bits per heavy atom. The Morgan fingerprint density at radius 2 is 2.00 bits per heavy atom. The van der Waals surface area contributed by atoms with Crippen LogP contribution >= 0.6 is 0 Å². The first kappa shape index (κ1) is 22.8. The van der Waals surface area contributed by atoms with Crippen LogP contribution in [0.15, 0.2) is 46.2 Å². The van der Waals surface area contributed by atoms with Gasteiger partial charge in [0.1, 0.15) is 0 Å². The fourth-order valence-corrected chi connectivity index (χ4v) is 5.37. The molecule has 3 atom stereocenters. The summed E-state index contributed by atoms with van der Waals surface area (Å²) < 4.78 is 0. The number of aryl methyl sites for hydroxylation is 1. The van der Waals surface area contributed by atoms with Crippen molar-refractivity contribution in [2.75, 3.05) is 0 Å². The van der Waals surface area contributed by atoms with Crippen LogP contribution in [0, 0.1) is 25.7 Å². The van der Waals surface area contributed by atoms with Gasteiger partial charge in [-0.3, -0.25) is 4.99 Å². The van der Waals surface area contributed by atoms with E-state index in [1.165, 1.54) is 85.9 Å². The highest BCUT2D eigenvalue weighted by Crippen LogP contribution is 2.46. The van der Waals surface area contributed by atoms with Crippen LogP contribution < -0.4 is 5.73 Å². The van der Waals surface area contributed by atoms with Crippen molar-refractivity contribution in [1.82, 2.24) is 0 Å². The highest BCUT2D eigenvalue weighted by atomic mass is 14.7. The van der Waals surface area contributed by atoms with Gasteiger partial charge in [0.25, 0.3) is 0 Å². The minimum Gasteiger partial charge on any atom is -0.402 e. The van der Waals surface area contributed by atoms with Gasteiger partial charge in [-0.1, -0.05) is 56.0 Å². The van der Waals surface area contributed by atoms with E-state index in [1.807, 2.05) is 6.21 Å². The molecule has 2 fully saturated rings. The van der Waals surface area contributed by atoms with Gasteiger partial charge < -0.3 is 5.73 Å². The van der Waals surface area contributed by atoms with Crippen LogP contribution in [0.1, 0.15) is 101 Å². The number of benzene rings is 1. The maximum absolute atomic E-state index is 6.68. The van der Waals surface area contributed by atoms with Crippen molar-refractivity contribution in [2.24, 2.45) is 22.6 Å². The average molecular weight is 407 g/mol. The van der Waals surface area contributed by atoms with Crippen LogP contribution in [0.5, 0.6) is 0 Å². The van der Waals surface area contributed by atoms with Gasteiger partial charge in [0.2, 0.25) is 0 Å². The minimum absolute atomic E-state index is 0.375. The Bertz CT molecular complexity index is 793. The van der Waals surface area contributed by atoms with Gasteiger partial charge in [-0.25, -0.2) is 0 Å². The number of rotatable bonds is 8. The second kappa shape index (κ2) is 11.0. The maximum atomic E-state index is 6.68. The molecule has 2 heteroatoms. The summed E-state index contributed by atoms with van der Waals surface area (Å²) in [6, 6.07) is 6.82. The molecule has 0 radical (unpaired) electrons. The van der Waals surface area contributed by atoms with E-state index < -0.39 is 0 Å². The molecular weight excluding hydrogens is 364 g/mol. The molecule has 30 heavy (non-hydrogen) atoms. The molecule has 1 aromatic carbocycles. The zero-order chi connectivity index (χ0) is 21.5. The Hall–Kier alpha value is -1.83. The summed E-state index contributed by atoms with van der Waals surface area (Å²) in [4.78, 5) is 4.94. The quantitative estimate of drug-likeness (QED) is 0.348. The standard InChI is InChI=1S/C28H42N2/c1-5-7-8-18-26(30-6-2)27(25-17-9-12-20(3)21(25)4)23-15-11-16-24(19-23)28(29)22-13-10-14-22/h6,9,12,17-18,23-24,27H,5,7-8,10-11,13-16,19,29H2,1-4H3/b26-18-,30-6?. The maximum Gasteiger partial charge on any atom is 0.0437 e. The molecule has 2 aliphatic carbocycles. The third-order valence-electron chi connectivity index (χ3n) is 7.48. The third-order valence-corrected chi connectivity index (χ3v) is 7.48. The second-order valence-corrected chi connectivity index (χ2v) is 9.46. The van der Waals surface area contributed by atoms with Crippen molar-refractivity contribution in [1.29, 1.82) is 0 Å². The normalized spacial score (nSPS) is 23.5. The Kier molecular flexibility index (Phi) is 8.36. The van der Waals surface area contributed by atoms with Gasteiger partial charge in [0.05, 0.1) is 0 Å². The van der Waals surface area contributed by atoms with Gasteiger partial charge >= 0.3 is 0 Å². The number of unbranched alkanes of at least 4 members (excludes halogenated alkanes) is 2. The first-order valence-corrected chi connectivity index (χ1v) is 12.3. The summed E-state index contributed by atoms with van der Waals surface area (Å²) in [5.41, 5.74) is 15.0.